The van der Waals surface area contributed by atoms with Crippen molar-refractivity contribution < 1.29 is 19.2 Å². The number of aliphatic hydroxyl groups excluding tert-OH is 1. The van der Waals surface area contributed by atoms with Gasteiger partial charge in [0.25, 0.3) is 0 Å². The number of halogens is 1. The molecule has 0 aliphatic rings. The van der Waals surface area contributed by atoms with Crippen LogP contribution in [-0.2, 0) is 6.61 Å². The molecule has 5 nitrogen and oxygen atoms in total. The lowest BCUT2D eigenvalue weighted by Gasteiger charge is -2.10. The molecule has 0 saturated heterocycles. The number of nitrogens with zero attached hydrogens (tertiary/aromatic N) is 1. The maximum atomic E-state index is 13.4. The summed E-state index contributed by atoms with van der Waals surface area (Å²) in [4.78, 5) is 10.2. The molecular formula is C14H12FNO4. The Hall–Kier alpha value is -2.47. The minimum Gasteiger partial charge on any atom is -0.450 e. The Balaban J connectivity index is 2.47. The van der Waals surface area contributed by atoms with Crippen LogP contribution in [0.5, 0.6) is 11.5 Å². The topological polar surface area (TPSA) is 72.6 Å². The highest BCUT2D eigenvalue weighted by molar-refractivity contribution is 5.51. The van der Waals surface area contributed by atoms with Gasteiger partial charge in [-0.3, -0.25) is 10.1 Å². The first-order chi connectivity index (χ1) is 9.52. The molecule has 0 atom stereocenters. The number of hydrogen-bond acceptors (Lipinski definition) is 4. The van der Waals surface area contributed by atoms with Gasteiger partial charge >= 0.3 is 5.69 Å². The lowest BCUT2D eigenvalue weighted by atomic mass is 10.2. The Morgan fingerprint density at radius 1 is 1.30 bits per heavy atom. The predicted octanol–water partition coefficient (Wildman–Crippen LogP) is 3.33. The molecule has 0 fully saturated rings. The van der Waals surface area contributed by atoms with Gasteiger partial charge in [-0.05, 0) is 24.6 Å². The summed E-state index contributed by atoms with van der Waals surface area (Å²) in [6.07, 6.45) is 0. The number of nitro groups is 1. The van der Waals surface area contributed by atoms with Crippen molar-refractivity contribution in [2.45, 2.75) is 13.5 Å². The van der Waals surface area contributed by atoms with Gasteiger partial charge in [-0.1, -0.05) is 18.2 Å². The fourth-order valence-corrected chi connectivity index (χ4v) is 1.72. The zero-order valence-corrected chi connectivity index (χ0v) is 10.7. The second-order valence-corrected chi connectivity index (χ2v) is 4.19. The van der Waals surface area contributed by atoms with Crippen molar-refractivity contribution in [3.8, 4) is 11.5 Å². The maximum Gasteiger partial charge on any atom is 0.314 e. The molecule has 0 spiro atoms. The van der Waals surface area contributed by atoms with E-state index < -0.39 is 16.4 Å². The number of rotatable bonds is 4. The third-order valence-corrected chi connectivity index (χ3v) is 2.80. The summed E-state index contributed by atoms with van der Waals surface area (Å²) in [5, 5.41) is 20.1. The summed E-state index contributed by atoms with van der Waals surface area (Å²) in [5.41, 5.74) is 0.275. The summed E-state index contributed by atoms with van der Waals surface area (Å²) in [6, 6.07) is 8.69. The third-order valence-electron chi connectivity index (χ3n) is 2.80. The highest BCUT2D eigenvalue weighted by Gasteiger charge is 2.19. The lowest BCUT2D eigenvalue weighted by molar-refractivity contribution is -0.385. The van der Waals surface area contributed by atoms with E-state index in [2.05, 4.69) is 0 Å². The van der Waals surface area contributed by atoms with Gasteiger partial charge in [0.2, 0.25) is 5.75 Å². The van der Waals surface area contributed by atoms with E-state index in [1.54, 1.807) is 24.3 Å². The average molecular weight is 277 g/mol. The summed E-state index contributed by atoms with van der Waals surface area (Å²) in [6.45, 7) is 1.23. The van der Waals surface area contributed by atoms with E-state index in [0.29, 0.717) is 11.3 Å². The zero-order chi connectivity index (χ0) is 14.7. The molecule has 1 N–H and O–H groups in total. The summed E-state index contributed by atoms with van der Waals surface area (Å²) in [5.74, 6) is -0.432. The molecule has 20 heavy (non-hydrogen) atoms. The molecule has 104 valence electrons. The summed E-state index contributed by atoms with van der Waals surface area (Å²) >= 11 is 0. The third kappa shape index (κ3) is 2.75. The molecule has 0 bridgehead atoms. The highest BCUT2D eigenvalue weighted by atomic mass is 19.1. The fourth-order valence-electron chi connectivity index (χ4n) is 1.72. The minimum absolute atomic E-state index is 0.0604. The molecule has 2 aromatic rings. The van der Waals surface area contributed by atoms with E-state index in [4.69, 9.17) is 4.74 Å². The van der Waals surface area contributed by atoms with Gasteiger partial charge in [0.1, 0.15) is 11.6 Å². The maximum absolute atomic E-state index is 13.4. The number of hydrogen-bond donors (Lipinski definition) is 1. The Morgan fingerprint density at radius 3 is 2.65 bits per heavy atom. The molecule has 6 heteroatoms. The normalized spacial score (nSPS) is 10.3. The second kappa shape index (κ2) is 5.66. The van der Waals surface area contributed by atoms with Gasteiger partial charge in [-0.2, -0.15) is 0 Å². The summed E-state index contributed by atoms with van der Waals surface area (Å²) < 4.78 is 18.9. The molecule has 0 aliphatic carbocycles. The van der Waals surface area contributed by atoms with E-state index in [1.165, 1.54) is 13.0 Å². The van der Waals surface area contributed by atoms with Crippen molar-refractivity contribution in [1.82, 2.24) is 0 Å². The standard InChI is InChI=1S/C14H12FNO4/c1-9-6-14(12(16(18)19)7-11(9)15)20-13-5-3-2-4-10(13)8-17/h2-7,17H,8H2,1H3. The van der Waals surface area contributed by atoms with E-state index in [9.17, 15) is 19.6 Å². The molecule has 0 aromatic heterocycles. The van der Waals surface area contributed by atoms with Gasteiger partial charge in [0.15, 0.2) is 0 Å². The van der Waals surface area contributed by atoms with Crippen LogP contribution in [0.3, 0.4) is 0 Å². The number of ether oxygens (including phenoxy) is 1. The number of benzene rings is 2. The van der Waals surface area contributed by atoms with Crippen molar-refractivity contribution in [3.63, 3.8) is 0 Å². The first-order valence-electron chi connectivity index (χ1n) is 5.84. The van der Waals surface area contributed by atoms with Crippen molar-refractivity contribution in [1.29, 1.82) is 0 Å². The molecular weight excluding hydrogens is 265 g/mol. The number of aryl methyl sites for hydroxylation is 1. The summed E-state index contributed by atoms with van der Waals surface area (Å²) in [7, 11) is 0. The zero-order valence-electron chi connectivity index (χ0n) is 10.7. The fraction of sp³-hybridized carbons (Fsp3) is 0.143. The van der Waals surface area contributed by atoms with Gasteiger partial charge in [-0.15, -0.1) is 0 Å². The molecule has 0 heterocycles. The van der Waals surface area contributed by atoms with Crippen LogP contribution in [0.25, 0.3) is 0 Å². The Kier molecular flexibility index (Phi) is 3.95. The van der Waals surface area contributed by atoms with Crippen LogP contribution in [0, 0.1) is 22.9 Å². The monoisotopic (exact) mass is 277 g/mol. The molecule has 2 aromatic carbocycles. The van der Waals surface area contributed by atoms with Gasteiger partial charge < -0.3 is 9.84 Å². The highest BCUT2D eigenvalue weighted by Crippen LogP contribution is 2.34. The van der Waals surface area contributed by atoms with Crippen molar-refractivity contribution >= 4 is 5.69 Å². The van der Waals surface area contributed by atoms with Crippen LogP contribution >= 0.6 is 0 Å². The van der Waals surface area contributed by atoms with Crippen LogP contribution in [0.2, 0.25) is 0 Å². The Morgan fingerprint density at radius 2 is 2.00 bits per heavy atom. The first kappa shape index (κ1) is 14.0. The van der Waals surface area contributed by atoms with Crippen LogP contribution in [-0.4, -0.2) is 10.0 Å². The molecule has 0 unspecified atom stereocenters. The lowest BCUT2D eigenvalue weighted by Crippen LogP contribution is -1.98. The predicted molar refractivity (Wildman–Crippen MR) is 70.2 cm³/mol. The largest absolute Gasteiger partial charge is 0.450 e. The number of nitro benzene ring substituents is 1. The SMILES string of the molecule is Cc1cc(Oc2ccccc2CO)c([N+](=O)[O-])cc1F. The Labute approximate surface area is 114 Å². The van der Waals surface area contributed by atoms with E-state index in [0.717, 1.165) is 6.07 Å². The molecule has 0 amide bonds. The van der Waals surface area contributed by atoms with Crippen LogP contribution in [0.1, 0.15) is 11.1 Å². The molecule has 0 saturated carbocycles. The van der Waals surface area contributed by atoms with Crippen molar-refractivity contribution in [3.05, 3.63) is 63.5 Å². The van der Waals surface area contributed by atoms with Gasteiger partial charge in [0.05, 0.1) is 17.6 Å². The Bertz CT molecular complexity index is 658. The van der Waals surface area contributed by atoms with Gasteiger partial charge in [-0.25, -0.2) is 4.39 Å². The smallest absolute Gasteiger partial charge is 0.314 e. The van der Waals surface area contributed by atoms with E-state index in [1.807, 2.05) is 0 Å². The van der Waals surface area contributed by atoms with E-state index in [-0.39, 0.29) is 17.9 Å². The quantitative estimate of drug-likeness (QED) is 0.687. The molecule has 2 rings (SSSR count). The van der Waals surface area contributed by atoms with E-state index >= 15 is 0 Å². The second-order valence-electron chi connectivity index (χ2n) is 4.19. The van der Waals surface area contributed by atoms with Crippen LogP contribution in [0.15, 0.2) is 36.4 Å². The molecule has 0 radical (unpaired) electrons. The van der Waals surface area contributed by atoms with Crippen molar-refractivity contribution in [2.24, 2.45) is 0 Å². The minimum atomic E-state index is -0.709. The number of para-hydroxylation sites is 1. The van der Waals surface area contributed by atoms with Crippen LogP contribution in [0.4, 0.5) is 10.1 Å². The first-order valence-corrected chi connectivity index (χ1v) is 5.84. The van der Waals surface area contributed by atoms with Crippen molar-refractivity contribution in [2.75, 3.05) is 0 Å². The number of aliphatic hydroxyl groups is 1. The van der Waals surface area contributed by atoms with Crippen LogP contribution < -0.4 is 4.74 Å². The average Bonchev–Trinajstić information content (AvgIpc) is 2.43. The van der Waals surface area contributed by atoms with Gasteiger partial charge in [0, 0.05) is 5.56 Å². The molecule has 0 aliphatic heterocycles.